The highest BCUT2D eigenvalue weighted by Crippen LogP contribution is 2.39. The highest BCUT2D eigenvalue weighted by Gasteiger charge is 2.24. The lowest BCUT2D eigenvalue weighted by Gasteiger charge is -2.21. The fraction of sp³-hybridized carbons (Fsp3) is 0.0976. The van der Waals surface area contributed by atoms with E-state index in [9.17, 15) is 0 Å². The molecule has 0 fully saturated rings. The largest absolute Gasteiger partial charge is 0.456 e. The Morgan fingerprint density at radius 1 is 0.667 bits per heavy atom. The van der Waals surface area contributed by atoms with Crippen LogP contribution in [0.3, 0.4) is 0 Å². The molecule has 9 rings (SSSR count). The van der Waals surface area contributed by atoms with Crippen molar-refractivity contribution in [1.29, 1.82) is 0 Å². The molecule has 0 spiro atoms. The van der Waals surface area contributed by atoms with Gasteiger partial charge >= 0.3 is 0 Å². The standard InChI is InChI=1S/C41H29N3O/c1-2-11-28(12-3-1)39-42-40(44-41(43-39)31-23-22-27-21-20-26-10-4-5-15-32(26)35(27)25-31)30-14-8-13-29(24-30)33-17-9-19-37-38(33)34-16-6-7-18-36(34)45-37/h1-7,9-12,14-24,31H,8,13,25H2. The smallest absolute Gasteiger partial charge is 0.163 e. The lowest BCUT2D eigenvalue weighted by atomic mass is 9.86. The summed E-state index contributed by atoms with van der Waals surface area (Å²) in [6.07, 6.45) is 11.7. The predicted molar refractivity (Wildman–Crippen MR) is 184 cm³/mol. The Morgan fingerprint density at radius 2 is 1.47 bits per heavy atom. The number of furan rings is 1. The second-order valence-electron chi connectivity index (χ2n) is 11.9. The number of benzene rings is 5. The number of fused-ring (bicyclic) bond motifs is 6. The molecule has 7 aromatic rings. The molecular formula is C41H29N3O. The van der Waals surface area contributed by atoms with E-state index >= 15 is 0 Å². The van der Waals surface area contributed by atoms with Gasteiger partial charge in [0, 0.05) is 27.8 Å². The minimum Gasteiger partial charge on any atom is -0.456 e. The average molecular weight is 580 g/mol. The molecule has 1 atom stereocenters. The predicted octanol–water partition coefficient (Wildman–Crippen LogP) is 10.2. The Balaban J connectivity index is 1.16. The van der Waals surface area contributed by atoms with Crippen molar-refractivity contribution in [2.75, 3.05) is 0 Å². The molecule has 1 unspecified atom stereocenters. The van der Waals surface area contributed by atoms with Gasteiger partial charge < -0.3 is 4.42 Å². The summed E-state index contributed by atoms with van der Waals surface area (Å²) >= 11 is 0. The molecule has 214 valence electrons. The average Bonchev–Trinajstić information content (AvgIpc) is 3.51. The molecular weight excluding hydrogens is 550 g/mol. The Labute approximate surface area is 261 Å². The molecule has 45 heavy (non-hydrogen) atoms. The summed E-state index contributed by atoms with van der Waals surface area (Å²) < 4.78 is 6.21. The van der Waals surface area contributed by atoms with E-state index in [2.05, 4.69) is 103 Å². The van der Waals surface area contributed by atoms with Gasteiger partial charge in [-0.3, -0.25) is 0 Å². The Bertz CT molecular complexity index is 2360. The molecule has 4 heteroatoms. The van der Waals surface area contributed by atoms with Crippen molar-refractivity contribution in [3.05, 3.63) is 156 Å². The van der Waals surface area contributed by atoms with E-state index < -0.39 is 0 Å². The summed E-state index contributed by atoms with van der Waals surface area (Å²) in [5.74, 6) is 2.28. The van der Waals surface area contributed by atoms with Gasteiger partial charge in [0.25, 0.3) is 0 Å². The minimum atomic E-state index is 0.0474. The fourth-order valence-corrected chi connectivity index (χ4v) is 6.94. The third-order valence-corrected chi connectivity index (χ3v) is 9.14. The van der Waals surface area contributed by atoms with Gasteiger partial charge in [-0.25, -0.2) is 15.0 Å². The highest BCUT2D eigenvalue weighted by molar-refractivity contribution is 6.11. The van der Waals surface area contributed by atoms with E-state index in [1.54, 1.807) is 0 Å². The molecule has 0 N–H and O–H groups in total. The monoisotopic (exact) mass is 579 g/mol. The van der Waals surface area contributed by atoms with E-state index in [0.29, 0.717) is 5.82 Å². The quantitative estimate of drug-likeness (QED) is 0.208. The number of nitrogens with zero attached hydrogens (tertiary/aromatic N) is 3. The van der Waals surface area contributed by atoms with Crippen molar-refractivity contribution < 1.29 is 4.42 Å². The molecule has 2 aliphatic rings. The van der Waals surface area contributed by atoms with Gasteiger partial charge in [0.05, 0.1) is 0 Å². The van der Waals surface area contributed by atoms with Crippen molar-refractivity contribution in [2.45, 2.75) is 25.2 Å². The van der Waals surface area contributed by atoms with Gasteiger partial charge in [-0.1, -0.05) is 115 Å². The molecule has 5 aromatic carbocycles. The number of aromatic nitrogens is 3. The number of hydrogen-bond acceptors (Lipinski definition) is 4. The Morgan fingerprint density at radius 3 is 2.40 bits per heavy atom. The van der Waals surface area contributed by atoms with Crippen molar-refractivity contribution in [2.24, 2.45) is 0 Å². The maximum absolute atomic E-state index is 6.21. The maximum atomic E-state index is 6.21. The minimum absolute atomic E-state index is 0.0474. The van der Waals surface area contributed by atoms with Crippen LogP contribution in [0.15, 0.2) is 132 Å². The van der Waals surface area contributed by atoms with Gasteiger partial charge in [-0.15, -0.1) is 0 Å². The highest BCUT2D eigenvalue weighted by atomic mass is 16.3. The zero-order valence-electron chi connectivity index (χ0n) is 24.7. The molecule has 0 aliphatic heterocycles. The third-order valence-electron chi connectivity index (χ3n) is 9.14. The number of para-hydroxylation sites is 1. The molecule has 0 saturated heterocycles. The molecule has 2 aromatic heterocycles. The van der Waals surface area contributed by atoms with Crippen LogP contribution in [0.25, 0.3) is 61.3 Å². The van der Waals surface area contributed by atoms with Crippen LogP contribution in [0, 0.1) is 0 Å². The first-order chi connectivity index (χ1) is 22.3. The van der Waals surface area contributed by atoms with E-state index in [-0.39, 0.29) is 5.92 Å². The zero-order chi connectivity index (χ0) is 29.7. The lowest BCUT2D eigenvalue weighted by Crippen LogP contribution is -2.13. The summed E-state index contributed by atoms with van der Waals surface area (Å²) in [6.45, 7) is 0. The van der Waals surface area contributed by atoms with Gasteiger partial charge in [0.15, 0.2) is 11.6 Å². The Hall–Kier alpha value is -5.61. The van der Waals surface area contributed by atoms with Gasteiger partial charge in [-0.2, -0.15) is 0 Å². The summed E-state index contributed by atoms with van der Waals surface area (Å²) in [4.78, 5) is 15.3. The molecule has 0 radical (unpaired) electrons. The molecule has 0 amide bonds. The van der Waals surface area contributed by atoms with Crippen LogP contribution in [0.4, 0.5) is 0 Å². The van der Waals surface area contributed by atoms with Crippen LogP contribution >= 0.6 is 0 Å². The van der Waals surface area contributed by atoms with Crippen LogP contribution in [-0.4, -0.2) is 15.0 Å². The molecule has 0 bridgehead atoms. The van der Waals surface area contributed by atoms with Crippen molar-refractivity contribution in [1.82, 2.24) is 15.0 Å². The van der Waals surface area contributed by atoms with Gasteiger partial charge in [0.1, 0.15) is 17.0 Å². The van der Waals surface area contributed by atoms with Crippen LogP contribution in [0.1, 0.15) is 47.1 Å². The SMILES string of the molecule is C1=CC(c2nc(C3=CCCC(c4cccc5oc6ccccc6c45)=C3)nc(-c3ccccc3)n2)Cc2c1ccc1ccccc21. The second kappa shape index (κ2) is 10.5. The maximum Gasteiger partial charge on any atom is 0.163 e. The molecule has 2 aliphatic carbocycles. The van der Waals surface area contributed by atoms with E-state index in [4.69, 9.17) is 19.4 Å². The summed E-state index contributed by atoms with van der Waals surface area (Å²) in [7, 11) is 0. The second-order valence-corrected chi connectivity index (χ2v) is 11.9. The number of rotatable bonds is 4. The lowest BCUT2D eigenvalue weighted by molar-refractivity contribution is 0.669. The first-order valence-corrected chi connectivity index (χ1v) is 15.6. The number of allylic oxidation sites excluding steroid dienone is 5. The first kappa shape index (κ1) is 25.8. The molecule has 0 saturated carbocycles. The normalized spacial score (nSPS) is 16.1. The summed E-state index contributed by atoms with van der Waals surface area (Å²) in [6, 6.07) is 38.0. The van der Waals surface area contributed by atoms with Gasteiger partial charge in [-0.05, 0) is 70.5 Å². The topological polar surface area (TPSA) is 51.8 Å². The molecule has 2 heterocycles. The van der Waals surface area contributed by atoms with Crippen molar-refractivity contribution >= 4 is 49.9 Å². The van der Waals surface area contributed by atoms with E-state index in [0.717, 1.165) is 58.6 Å². The van der Waals surface area contributed by atoms with Crippen LogP contribution in [0.5, 0.6) is 0 Å². The Kier molecular flexibility index (Phi) is 6.05. The first-order valence-electron chi connectivity index (χ1n) is 15.6. The van der Waals surface area contributed by atoms with Crippen LogP contribution in [0.2, 0.25) is 0 Å². The summed E-state index contributed by atoms with van der Waals surface area (Å²) in [5, 5.41) is 4.87. The molecule has 4 nitrogen and oxygen atoms in total. The van der Waals surface area contributed by atoms with E-state index in [1.807, 2.05) is 30.3 Å². The zero-order valence-corrected chi connectivity index (χ0v) is 24.7. The summed E-state index contributed by atoms with van der Waals surface area (Å²) in [5.41, 5.74) is 8.95. The van der Waals surface area contributed by atoms with Crippen molar-refractivity contribution in [3.8, 4) is 11.4 Å². The third kappa shape index (κ3) is 4.49. The van der Waals surface area contributed by atoms with Gasteiger partial charge in [0.2, 0.25) is 0 Å². The van der Waals surface area contributed by atoms with E-state index in [1.165, 1.54) is 38.4 Å². The van der Waals surface area contributed by atoms with Crippen molar-refractivity contribution in [3.63, 3.8) is 0 Å². The number of hydrogen-bond donors (Lipinski definition) is 0. The van der Waals surface area contributed by atoms with Crippen LogP contribution < -0.4 is 0 Å². The fourth-order valence-electron chi connectivity index (χ4n) is 6.94. The van der Waals surface area contributed by atoms with Crippen LogP contribution in [-0.2, 0) is 6.42 Å².